The van der Waals surface area contributed by atoms with Crippen molar-refractivity contribution in [1.29, 1.82) is 0 Å². The Labute approximate surface area is 103 Å². The average Bonchev–Trinajstić information content (AvgIpc) is 2.41. The van der Waals surface area contributed by atoms with Crippen LogP contribution in [0.2, 0.25) is 0 Å². The quantitative estimate of drug-likeness (QED) is 0.613. The zero-order chi connectivity index (χ0) is 13.0. The van der Waals surface area contributed by atoms with Gasteiger partial charge in [0.15, 0.2) is 17.4 Å². The van der Waals surface area contributed by atoms with E-state index >= 15 is 0 Å². The summed E-state index contributed by atoms with van der Waals surface area (Å²) in [6.07, 6.45) is 5.73. The number of pyridine rings is 1. The lowest BCUT2D eigenvalue weighted by atomic mass is 10.1. The number of ketones is 1. The summed E-state index contributed by atoms with van der Waals surface area (Å²) in [5.41, 5.74) is 0.863. The first kappa shape index (κ1) is 12.1. The number of benzene rings is 1. The molecule has 0 N–H and O–H groups in total. The van der Waals surface area contributed by atoms with E-state index in [1.54, 1.807) is 18.3 Å². The Hall–Kier alpha value is -2.36. The third-order valence-electron chi connectivity index (χ3n) is 2.32. The van der Waals surface area contributed by atoms with Crippen LogP contribution in [-0.2, 0) is 0 Å². The zero-order valence-corrected chi connectivity index (χ0v) is 9.31. The van der Waals surface area contributed by atoms with Crippen LogP contribution in [0.3, 0.4) is 0 Å². The Balaban J connectivity index is 2.16. The molecule has 4 heteroatoms. The molecule has 0 fully saturated rings. The van der Waals surface area contributed by atoms with Gasteiger partial charge in [0.25, 0.3) is 0 Å². The summed E-state index contributed by atoms with van der Waals surface area (Å²) in [5, 5.41) is 0. The number of rotatable bonds is 3. The van der Waals surface area contributed by atoms with Crippen molar-refractivity contribution in [3.8, 4) is 0 Å². The second-order valence-electron chi connectivity index (χ2n) is 3.61. The van der Waals surface area contributed by atoms with Gasteiger partial charge in [-0.1, -0.05) is 12.1 Å². The standard InChI is InChI=1S/C14H9F2NO/c15-12-5-3-10(8-13(12)16)4-6-14(18)11-2-1-7-17-9-11/h1-9H. The summed E-state index contributed by atoms with van der Waals surface area (Å²) < 4.78 is 25.6. The third kappa shape index (κ3) is 2.85. The molecular weight excluding hydrogens is 236 g/mol. The molecule has 0 aliphatic heterocycles. The average molecular weight is 245 g/mol. The van der Waals surface area contributed by atoms with E-state index in [1.807, 2.05) is 0 Å². The largest absolute Gasteiger partial charge is 0.289 e. The van der Waals surface area contributed by atoms with E-state index in [-0.39, 0.29) is 5.78 Å². The van der Waals surface area contributed by atoms with E-state index in [1.165, 1.54) is 24.4 Å². The predicted octanol–water partition coefficient (Wildman–Crippen LogP) is 3.26. The van der Waals surface area contributed by atoms with Gasteiger partial charge < -0.3 is 0 Å². The summed E-state index contributed by atoms with van der Waals surface area (Å²) in [5.74, 6) is -2.09. The number of hydrogen-bond acceptors (Lipinski definition) is 2. The van der Waals surface area contributed by atoms with Crippen LogP contribution in [0.1, 0.15) is 15.9 Å². The lowest BCUT2D eigenvalue weighted by Crippen LogP contribution is -1.94. The second-order valence-corrected chi connectivity index (χ2v) is 3.61. The minimum Gasteiger partial charge on any atom is -0.289 e. The SMILES string of the molecule is O=C(C=Cc1ccc(F)c(F)c1)c1cccnc1. The van der Waals surface area contributed by atoms with Crippen molar-refractivity contribution in [1.82, 2.24) is 4.98 Å². The van der Waals surface area contributed by atoms with Gasteiger partial charge in [0.2, 0.25) is 0 Å². The van der Waals surface area contributed by atoms with E-state index in [4.69, 9.17) is 0 Å². The molecule has 0 aliphatic carbocycles. The molecule has 2 rings (SSSR count). The van der Waals surface area contributed by atoms with Crippen LogP contribution in [0.4, 0.5) is 8.78 Å². The molecule has 0 saturated heterocycles. The highest BCUT2D eigenvalue weighted by Gasteiger charge is 2.02. The first-order valence-electron chi connectivity index (χ1n) is 5.24. The molecule has 0 unspecified atom stereocenters. The molecule has 0 bridgehead atoms. The van der Waals surface area contributed by atoms with Crippen LogP contribution in [0.15, 0.2) is 48.8 Å². The molecular formula is C14H9F2NO. The number of hydrogen-bond donors (Lipinski definition) is 0. The van der Waals surface area contributed by atoms with Gasteiger partial charge in [-0.2, -0.15) is 0 Å². The van der Waals surface area contributed by atoms with Gasteiger partial charge in [0.1, 0.15) is 0 Å². The second kappa shape index (κ2) is 5.31. The van der Waals surface area contributed by atoms with E-state index in [0.29, 0.717) is 11.1 Å². The van der Waals surface area contributed by atoms with E-state index < -0.39 is 11.6 Å². The van der Waals surface area contributed by atoms with E-state index in [2.05, 4.69) is 4.98 Å². The molecule has 0 saturated carbocycles. The summed E-state index contributed by atoms with van der Waals surface area (Å²) in [6, 6.07) is 6.72. The molecule has 0 radical (unpaired) electrons. The Morgan fingerprint density at radius 1 is 1.17 bits per heavy atom. The molecule has 1 heterocycles. The fourth-order valence-corrected chi connectivity index (χ4v) is 1.39. The maximum Gasteiger partial charge on any atom is 0.187 e. The van der Waals surface area contributed by atoms with Gasteiger partial charge in [0, 0.05) is 18.0 Å². The van der Waals surface area contributed by atoms with Gasteiger partial charge in [-0.15, -0.1) is 0 Å². The Morgan fingerprint density at radius 3 is 2.67 bits per heavy atom. The predicted molar refractivity (Wildman–Crippen MR) is 64.0 cm³/mol. The molecule has 2 nitrogen and oxygen atoms in total. The van der Waals surface area contributed by atoms with Crippen LogP contribution in [-0.4, -0.2) is 10.8 Å². The third-order valence-corrected chi connectivity index (χ3v) is 2.32. The van der Waals surface area contributed by atoms with Gasteiger partial charge in [-0.05, 0) is 35.9 Å². The maximum absolute atomic E-state index is 12.9. The topological polar surface area (TPSA) is 30.0 Å². The number of aromatic nitrogens is 1. The van der Waals surface area contributed by atoms with E-state index in [0.717, 1.165) is 12.1 Å². The number of allylic oxidation sites excluding steroid dienone is 1. The minimum atomic E-state index is -0.939. The molecule has 2 aromatic rings. The van der Waals surface area contributed by atoms with E-state index in [9.17, 15) is 13.6 Å². The van der Waals surface area contributed by atoms with Crippen molar-refractivity contribution in [2.75, 3.05) is 0 Å². The first-order valence-corrected chi connectivity index (χ1v) is 5.24. The Bertz CT molecular complexity index is 594. The molecule has 1 aromatic heterocycles. The van der Waals surface area contributed by atoms with Crippen LogP contribution < -0.4 is 0 Å². The Morgan fingerprint density at radius 2 is 2.00 bits per heavy atom. The van der Waals surface area contributed by atoms with Crippen LogP contribution in [0, 0.1) is 11.6 Å². The zero-order valence-electron chi connectivity index (χ0n) is 9.31. The minimum absolute atomic E-state index is 0.243. The van der Waals surface area contributed by atoms with Crippen molar-refractivity contribution in [3.05, 3.63) is 71.6 Å². The van der Waals surface area contributed by atoms with Gasteiger partial charge in [-0.3, -0.25) is 9.78 Å². The molecule has 0 amide bonds. The van der Waals surface area contributed by atoms with Crippen molar-refractivity contribution in [2.45, 2.75) is 0 Å². The smallest absolute Gasteiger partial charge is 0.187 e. The molecule has 0 spiro atoms. The van der Waals surface area contributed by atoms with Crippen molar-refractivity contribution in [3.63, 3.8) is 0 Å². The number of halogens is 2. The van der Waals surface area contributed by atoms with Gasteiger partial charge >= 0.3 is 0 Å². The fraction of sp³-hybridized carbons (Fsp3) is 0. The van der Waals surface area contributed by atoms with Crippen LogP contribution >= 0.6 is 0 Å². The van der Waals surface area contributed by atoms with Crippen molar-refractivity contribution < 1.29 is 13.6 Å². The van der Waals surface area contributed by atoms with Crippen molar-refractivity contribution in [2.24, 2.45) is 0 Å². The highest BCUT2D eigenvalue weighted by molar-refractivity contribution is 6.06. The van der Waals surface area contributed by atoms with Crippen LogP contribution in [0.25, 0.3) is 6.08 Å². The first-order chi connectivity index (χ1) is 8.66. The monoisotopic (exact) mass is 245 g/mol. The summed E-state index contributed by atoms with van der Waals surface area (Å²) in [4.78, 5) is 15.5. The maximum atomic E-state index is 12.9. The number of carbonyl (C=O) groups excluding carboxylic acids is 1. The van der Waals surface area contributed by atoms with Gasteiger partial charge in [-0.25, -0.2) is 8.78 Å². The molecule has 1 aromatic carbocycles. The summed E-state index contributed by atoms with van der Waals surface area (Å²) in [7, 11) is 0. The number of carbonyl (C=O) groups is 1. The Kier molecular flexibility index (Phi) is 3.57. The van der Waals surface area contributed by atoms with Crippen LogP contribution in [0.5, 0.6) is 0 Å². The molecule has 0 atom stereocenters. The molecule has 90 valence electrons. The lowest BCUT2D eigenvalue weighted by Gasteiger charge is -1.96. The molecule has 18 heavy (non-hydrogen) atoms. The normalized spacial score (nSPS) is 10.8. The van der Waals surface area contributed by atoms with Gasteiger partial charge in [0.05, 0.1) is 0 Å². The number of nitrogens with zero attached hydrogens (tertiary/aromatic N) is 1. The fourth-order valence-electron chi connectivity index (χ4n) is 1.39. The van der Waals surface area contributed by atoms with Crippen molar-refractivity contribution >= 4 is 11.9 Å². The highest BCUT2D eigenvalue weighted by Crippen LogP contribution is 2.10. The summed E-state index contributed by atoms with van der Waals surface area (Å²) in [6.45, 7) is 0. The summed E-state index contributed by atoms with van der Waals surface area (Å²) >= 11 is 0. The highest BCUT2D eigenvalue weighted by atomic mass is 19.2. The molecule has 0 aliphatic rings. The lowest BCUT2D eigenvalue weighted by molar-refractivity contribution is 0.104.